The van der Waals surface area contributed by atoms with Gasteiger partial charge in [-0.25, -0.2) is 0 Å². The molecule has 0 bridgehead atoms. The number of rotatable bonds is 3. The van der Waals surface area contributed by atoms with Gasteiger partial charge in [0.2, 0.25) is 0 Å². The van der Waals surface area contributed by atoms with Crippen LogP contribution in [0.5, 0.6) is 0 Å². The van der Waals surface area contributed by atoms with Crippen LogP contribution >= 0.6 is 0 Å². The Balaban J connectivity index is 2.08. The first-order chi connectivity index (χ1) is 9.55. The zero-order chi connectivity index (χ0) is 16.0. The van der Waals surface area contributed by atoms with Gasteiger partial charge < -0.3 is 0 Å². The Bertz CT molecular complexity index is 445. The summed E-state index contributed by atoms with van der Waals surface area (Å²) >= 11 is -0.893. The normalized spacial score (nSPS) is 31.4. The van der Waals surface area contributed by atoms with Gasteiger partial charge in [-0.1, -0.05) is 0 Å². The van der Waals surface area contributed by atoms with Crippen molar-refractivity contribution in [1.29, 1.82) is 5.41 Å². The molecular formula is C15H26IN2O3-. The SMILES string of the molecule is COC(=N)C1C2[C@H](CN1[I-]C(=O)OC(C)(C)C)CC2(C)C. The van der Waals surface area contributed by atoms with Crippen molar-refractivity contribution in [3.63, 3.8) is 0 Å². The van der Waals surface area contributed by atoms with Gasteiger partial charge >= 0.3 is 138 Å². The van der Waals surface area contributed by atoms with Crippen LogP contribution in [0.25, 0.3) is 0 Å². The van der Waals surface area contributed by atoms with Crippen LogP contribution in [-0.2, 0) is 9.47 Å². The van der Waals surface area contributed by atoms with E-state index in [1.165, 1.54) is 6.42 Å². The molecule has 1 heterocycles. The van der Waals surface area contributed by atoms with Crippen molar-refractivity contribution in [3.05, 3.63) is 0 Å². The Morgan fingerprint density at radius 2 is 2.00 bits per heavy atom. The van der Waals surface area contributed by atoms with Gasteiger partial charge in [0.1, 0.15) is 0 Å². The number of nitrogens with zero attached hydrogens (tertiary/aromatic N) is 1. The maximum atomic E-state index is 12.1. The first-order valence-corrected chi connectivity index (χ1v) is 9.36. The molecule has 3 atom stereocenters. The second-order valence-corrected chi connectivity index (χ2v) is 10.2. The van der Waals surface area contributed by atoms with Crippen LogP contribution in [0.15, 0.2) is 0 Å². The third-order valence-corrected chi connectivity index (χ3v) is 6.53. The second kappa shape index (κ2) is 5.68. The summed E-state index contributed by atoms with van der Waals surface area (Å²) in [6.45, 7) is 11.1. The molecule has 1 saturated heterocycles. The molecule has 0 amide bonds. The van der Waals surface area contributed by atoms with Gasteiger partial charge in [-0.15, -0.1) is 0 Å². The molecule has 2 rings (SSSR count). The molecule has 1 aliphatic carbocycles. The van der Waals surface area contributed by atoms with Crippen molar-refractivity contribution in [2.75, 3.05) is 13.7 Å². The minimum atomic E-state index is -0.893. The number of ether oxygens (including phenoxy) is 2. The van der Waals surface area contributed by atoms with E-state index in [0.29, 0.717) is 17.7 Å². The molecule has 2 unspecified atom stereocenters. The number of hydrogen-bond acceptors (Lipinski definition) is 5. The molecule has 1 aliphatic heterocycles. The third-order valence-electron chi connectivity index (χ3n) is 4.30. The van der Waals surface area contributed by atoms with E-state index in [1.807, 2.05) is 20.8 Å². The summed E-state index contributed by atoms with van der Waals surface area (Å²) in [5.74, 6) is 1.30. The van der Waals surface area contributed by atoms with E-state index in [1.54, 1.807) is 7.11 Å². The molecule has 122 valence electrons. The average molecular weight is 409 g/mol. The van der Waals surface area contributed by atoms with E-state index >= 15 is 0 Å². The molecule has 1 N–H and O–H groups in total. The van der Waals surface area contributed by atoms with Gasteiger partial charge in [-0.05, 0) is 0 Å². The molecular weight excluding hydrogens is 383 g/mol. The van der Waals surface area contributed by atoms with Crippen LogP contribution in [0.4, 0.5) is 4.79 Å². The molecule has 5 nitrogen and oxygen atoms in total. The Morgan fingerprint density at radius 3 is 2.48 bits per heavy atom. The second-order valence-electron chi connectivity index (χ2n) is 7.61. The van der Waals surface area contributed by atoms with Gasteiger partial charge in [0.25, 0.3) is 0 Å². The summed E-state index contributed by atoms with van der Waals surface area (Å²) < 4.78 is 12.7. The maximum absolute atomic E-state index is 12.1. The Hall–Kier alpha value is -0.370. The van der Waals surface area contributed by atoms with Crippen molar-refractivity contribution < 1.29 is 35.7 Å². The molecule has 6 heteroatoms. The third kappa shape index (κ3) is 3.52. The number of hydrogen-bond donors (Lipinski definition) is 1. The fourth-order valence-corrected chi connectivity index (χ4v) is 6.50. The number of halogens is 1. The Labute approximate surface area is 137 Å². The van der Waals surface area contributed by atoms with Crippen LogP contribution in [0.3, 0.4) is 0 Å². The molecule has 0 aromatic carbocycles. The van der Waals surface area contributed by atoms with Crippen molar-refractivity contribution >= 4 is 9.87 Å². The number of fused-ring (bicyclic) bond motifs is 1. The number of nitrogens with one attached hydrogen (secondary N) is 1. The first-order valence-electron chi connectivity index (χ1n) is 7.32. The van der Waals surface area contributed by atoms with Crippen LogP contribution in [-0.4, -0.2) is 38.3 Å². The quantitative estimate of drug-likeness (QED) is 0.233. The van der Waals surface area contributed by atoms with Crippen molar-refractivity contribution in [1.82, 2.24) is 3.11 Å². The molecule has 1 saturated carbocycles. The standard InChI is InChI=1S/C15H26IN2O3/c1-14(2,3)21-13(19)16-18-8-9-7-15(4,5)10(9)11(18)12(17)20-6/h9-11,17H,7-8H2,1-6H3/q-1/t9-,10?,11?/m0/s1. The number of methoxy groups -OCH3 is 1. The average Bonchev–Trinajstić information content (AvgIpc) is 2.60. The number of carbonyl (C=O) groups is 1. The Kier molecular flexibility index (Phi) is 4.60. The predicted molar refractivity (Wildman–Crippen MR) is 76.8 cm³/mol. The summed E-state index contributed by atoms with van der Waals surface area (Å²) in [7, 11) is 1.55. The Morgan fingerprint density at radius 1 is 1.38 bits per heavy atom. The topological polar surface area (TPSA) is 62.6 Å². The molecule has 0 aromatic heterocycles. The van der Waals surface area contributed by atoms with Gasteiger partial charge in [-0.3, -0.25) is 0 Å². The monoisotopic (exact) mass is 409 g/mol. The fourth-order valence-electron chi connectivity index (χ4n) is 3.64. The van der Waals surface area contributed by atoms with E-state index in [4.69, 9.17) is 14.9 Å². The molecule has 21 heavy (non-hydrogen) atoms. The summed E-state index contributed by atoms with van der Waals surface area (Å²) in [4.78, 5) is 12.1. The van der Waals surface area contributed by atoms with Gasteiger partial charge in [-0.2, -0.15) is 0 Å². The summed E-state index contributed by atoms with van der Waals surface area (Å²) in [5, 5.41) is 8.12. The molecule has 2 fully saturated rings. The van der Waals surface area contributed by atoms with Crippen LogP contribution in [0, 0.1) is 22.7 Å². The van der Waals surface area contributed by atoms with Gasteiger partial charge in [0.05, 0.1) is 0 Å². The van der Waals surface area contributed by atoms with Crippen molar-refractivity contribution in [2.45, 2.75) is 52.7 Å². The van der Waals surface area contributed by atoms with E-state index in [-0.39, 0.29) is 15.4 Å². The van der Waals surface area contributed by atoms with E-state index in [2.05, 4.69) is 17.0 Å². The minimum absolute atomic E-state index is 0.0518. The van der Waals surface area contributed by atoms with Crippen LogP contribution < -0.4 is 21.5 Å². The molecule has 2 aliphatic rings. The van der Waals surface area contributed by atoms with Crippen LogP contribution in [0.1, 0.15) is 41.0 Å². The molecule has 0 aromatic rings. The zero-order valence-electron chi connectivity index (χ0n) is 13.7. The molecule has 0 spiro atoms. The van der Waals surface area contributed by atoms with Crippen molar-refractivity contribution in [3.8, 4) is 0 Å². The van der Waals surface area contributed by atoms with Gasteiger partial charge in [0.15, 0.2) is 0 Å². The first kappa shape index (κ1) is 17.0. The zero-order valence-corrected chi connectivity index (χ0v) is 15.9. The van der Waals surface area contributed by atoms with Crippen molar-refractivity contribution in [2.24, 2.45) is 17.3 Å². The summed E-state index contributed by atoms with van der Waals surface area (Å²) in [5.41, 5.74) is -0.217. The summed E-state index contributed by atoms with van der Waals surface area (Å²) in [6, 6.07) is -0.0518. The van der Waals surface area contributed by atoms with Crippen LogP contribution in [0.2, 0.25) is 0 Å². The van der Waals surface area contributed by atoms with E-state index < -0.39 is 27.1 Å². The van der Waals surface area contributed by atoms with E-state index in [9.17, 15) is 4.79 Å². The molecule has 0 radical (unpaired) electrons. The number of carbonyl (C=O) groups excluding carboxylic acids is 1. The fraction of sp³-hybridized carbons (Fsp3) is 0.867. The van der Waals surface area contributed by atoms with E-state index in [0.717, 1.165) is 6.54 Å². The summed E-state index contributed by atoms with van der Waals surface area (Å²) in [6.07, 6.45) is 1.17. The predicted octanol–water partition coefficient (Wildman–Crippen LogP) is -0.104. The van der Waals surface area contributed by atoms with Gasteiger partial charge in [0, 0.05) is 0 Å².